The van der Waals surface area contributed by atoms with Crippen molar-refractivity contribution < 1.29 is 14.3 Å². The molecule has 1 aromatic rings. The first kappa shape index (κ1) is 19.3. The maximum absolute atomic E-state index is 11.8. The highest BCUT2D eigenvalue weighted by atomic mass is 35.5. The predicted molar refractivity (Wildman–Crippen MR) is 91.8 cm³/mol. The van der Waals surface area contributed by atoms with Gasteiger partial charge in [-0.3, -0.25) is 9.59 Å². The molecule has 1 aromatic carbocycles. The quantitative estimate of drug-likeness (QED) is 0.534. The normalized spacial score (nSPS) is 11.0. The zero-order valence-corrected chi connectivity index (χ0v) is 14.7. The fourth-order valence-electron chi connectivity index (χ4n) is 1.81. The van der Waals surface area contributed by atoms with E-state index in [2.05, 4.69) is 10.6 Å². The van der Waals surface area contributed by atoms with Crippen molar-refractivity contribution in [3.05, 3.63) is 29.8 Å². The summed E-state index contributed by atoms with van der Waals surface area (Å²) in [5, 5.41) is 5.45. The number of rotatable bonds is 9. The molecule has 0 unspecified atom stereocenters. The van der Waals surface area contributed by atoms with Crippen LogP contribution in [0.25, 0.3) is 0 Å². The van der Waals surface area contributed by atoms with Crippen molar-refractivity contribution in [3.63, 3.8) is 0 Å². The average molecular weight is 341 g/mol. The number of hydrogen-bond donors (Lipinski definition) is 2. The maximum atomic E-state index is 11.8. The summed E-state index contributed by atoms with van der Waals surface area (Å²) in [5.74, 6) is 0.620. The smallest absolute Gasteiger partial charge is 0.258 e. The molecule has 0 fully saturated rings. The summed E-state index contributed by atoms with van der Waals surface area (Å²) in [5.41, 5.74) is 0.453. The Balaban J connectivity index is 2.26. The maximum Gasteiger partial charge on any atom is 0.258 e. The molecular formula is C17H25ClN2O3. The van der Waals surface area contributed by atoms with Gasteiger partial charge in [0.2, 0.25) is 5.91 Å². The number of carbonyl (C=O) groups is 2. The topological polar surface area (TPSA) is 67.4 Å². The van der Waals surface area contributed by atoms with Gasteiger partial charge in [0.15, 0.2) is 6.61 Å². The van der Waals surface area contributed by atoms with Crippen molar-refractivity contribution in [2.75, 3.05) is 25.6 Å². The van der Waals surface area contributed by atoms with Gasteiger partial charge in [0.1, 0.15) is 5.75 Å². The number of para-hydroxylation sites is 1. The van der Waals surface area contributed by atoms with Gasteiger partial charge in [0.05, 0.1) is 5.41 Å². The van der Waals surface area contributed by atoms with Crippen LogP contribution in [-0.2, 0) is 16.0 Å². The lowest BCUT2D eigenvalue weighted by atomic mass is 9.95. The lowest BCUT2D eigenvalue weighted by Gasteiger charge is -2.20. The van der Waals surface area contributed by atoms with Crippen LogP contribution in [0.15, 0.2) is 24.3 Å². The first-order valence-corrected chi connectivity index (χ1v) is 8.26. The van der Waals surface area contributed by atoms with Crippen molar-refractivity contribution in [2.45, 2.75) is 27.2 Å². The van der Waals surface area contributed by atoms with Crippen molar-refractivity contribution in [2.24, 2.45) is 5.41 Å². The van der Waals surface area contributed by atoms with Gasteiger partial charge in [-0.05, 0) is 31.9 Å². The highest BCUT2D eigenvalue weighted by molar-refractivity contribution is 6.19. The molecule has 0 aliphatic carbocycles. The summed E-state index contributed by atoms with van der Waals surface area (Å²) in [6, 6.07) is 7.64. The van der Waals surface area contributed by atoms with Crippen LogP contribution in [0.5, 0.6) is 5.75 Å². The highest BCUT2D eigenvalue weighted by Gasteiger charge is 2.25. The second kappa shape index (κ2) is 9.40. The summed E-state index contributed by atoms with van der Waals surface area (Å²) in [6.45, 7) is 6.24. The first-order chi connectivity index (χ1) is 10.9. The molecule has 2 N–H and O–H groups in total. The van der Waals surface area contributed by atoms with Crippen LogP contribution >= 0.6 is 11.6 Å². The van der Waals surface area contributed by atoms with Crippen molar-refractivity contribution in [1.29, 1.82) is 0 Å². The molecule has 0 aromatic heterocycles. The van der Waals surface area contributed by atoms with E-state index in [1.165, 1.54) is 0 Å². The summed E-state index contributed by atoms with van der Waals surface area (Å²) in [6.07, 6.45) is 0.847. The Morgan fingerprint density at radius 1 is 1.17 bits per heavy atom. The standard InChI is InChI=1S/C17H25ClN2O3/c1-4-13-7-5-6-8-14(13)23-11-15(21)19-9-10-20-16(22)17(2,3)12-18/h5-8H,4,9-12H2,1-3H3,(H,19,21)(H,20,22). The SMILES string of the molecule is CCc1ccccc1OCC(=O)NCCNC(=O)C(C)(C)CCl. The Kier molecular flexibility index (Phi) is 7.89. The van der Waals surface area contributed by atoms with Crippen LogP contribution < -0.4 is 15.4 Å². The third kappa shape index (κ3) is 6.48. The number of aryl methyl sites for hydroxylation is 1. The number of amides is 2. The van der Waals surface area contributed by atoms with E-state index >= 15 is 0 Å². The molecule has 0 bridgehead atoms. The molecule has 2 amide bonds. The van der Waals surface area contributed by atoms with E-state index in [1.54, 1.807) is 13.8 Å². The average Bonchev–Trinajstić information content (AvgIpc) is 2.56. The van der Waals surface area contributed by atoms with E-state index in [4.69, 9.17) is 16.3 Å². The molecule has 128 valence electrons. The Labute approximate surface area is 142 Å². The zero-order chi connectivity index (χ0) is 17.3. The van der Waals surface area contributed by atoms with Gasteiger partial charge in [0, 0.05) is 19.0 Å². The second-order valence-corrected chi connectivity index (χ2v) is 6.14. The number of carbonyl (C=O) groups excluding carboxylic acids is 2. The molecule has 0 saturated carbocycles. The van der Waals surface area contributed by atoms with Gasteiger partial charge in [-0.1, -0.05) is 25.1 Å². The molecule has 0 saturated heterocycles. The largest absolute Gasteiger partial charge is 0.483 e. The van der Waals surface area contributed by atoms with E-state index in [0.717, 1.165) is 17.7 Å². The number of benzene rings is 1. The molecule has 0 atom stereocenters. The van der Waals surface area contributed by atoms with E-state index in [1.807, 2.05) is 31.2 Å². The van der Waals surface area contributed by atoms with E-state index in [-0.39, 0.29) is 24.3 Å². The monoisotopic (exact) mass is 340 g/mol. The van der Waals surface area contributed by atoms with Crippen LogP contribution in [0.2, 0.25) is 0 Å². The van der Waals surface area contributed by atoms with Gasteiger partial charge in [0.25, 0.3) is 5.91 Å². The Bertz CT molecular complexity index is 532. The van der Waals surface area contributed by atoms with Crippen molar-refractivity contribution in [1.82, 2.24) is 10.6 Å². The van der Waals surface area contributed by atoms with Crippen molar-refractivity contribution in [3.8, 4) is 5.75 Å². The number of hydrogen-bond acceptors (Lipinski definition) is 3. The van der Waals surface area contributed by atoms with Gasteiger partial charge in [-0.15, -0.1) is 11.6 Å². The fraction of sp³-hybridized carbons (Fsp3) is 0.529. The molecular weight excluding hydrogens is 316 g/mol. The molecule has 0 aliphatic rings. The summed E-state index contributed by atoms with van der Waals surface area (Å²) in [4.78, 5) is 23.5. The van der Waals surface area contributed by atoms with Crippen LogP contribution in [0.3, 0.4) is 0 Å². The highest BCUT2D eigenvalue weighted by Crippen LogP contribution is 2.18. The van der Waals surface area contributed by atoms with Gasteiger partial charge >= 0.3 is 0 Å². The summed E-state index contributed by atoms with van der Waals surface area (Å²) in [7, 11) is 0. The summed E-state index contributed by atoms with van der Waals surface area (Å²) >= 11 is 5.73. The minimum Gasteiger partial charge on any atom is -0.483 e. The van der Waals surface area contributed by atoms with Crippen molar-refractivity contribution >= 4 is 23.4 Å². The third-order valence-electron chi connectivity index (χ3n) is 3.39. The van der Waals surface area contributed by atoms with Gasteiger partial charge in [-0.2, -0.15) is 0 Å². The number of ether oxygens (including phenoxy) is 1. The van der Waals surface area contributed by atoms with Crippen LogP contribution in [-0.4, -0.2) is 37.4 Å². The Hall–Kier alpha value is -1.75. The molecule has 5 nitrogen and oxygen atoms in total. The Morgan fingerprint density at radius 3 is 2.48 bits per heavy atom. The molecule has 0 heterocycles. The predicted octanol–water partition coefficient (Wildman–Crippen LogP) is 2.13. The van der Waals surface area contributed by atoms with E-state index < -0.39 is 5.41 Å². The first-order valence-electron chi connectivity index (χ1n) is 7.72. The lowest BCUT2D eigenvalue weighted by molar-refractivity contribution is -0.128. The lowest BCUT2D eigenvalue weighted by Crippen LogP contribution is -2.42. The minimum absolute atomic E-state index is 0.0435. The molecule has 23 heavy (non-hydrogen) atoms. The molecule has 0 spiro atoms. The van der Waals surface area contributed by atoms with Gasteiger partial charge in [-0.25, -0.2) is 0 Å². The minimum atomic E-state index is -0.613. The molecule has 0 radical (unpaired) electrons. The molecule has 1 rings (SSSR count). The number of halogens is 1. The number of nitrogens with one attached hydrogen (secondary N) is 2. The van der Waals surface area contributed by atoms with Crippen LogP contribution in [0.1, 0.15) is 26.3 Å². The third-order valence-corrected chi connectivity index (χ3v) is 4.06. The Morgan fingerprint density at radius 2 is 1.83 bits per heavy atom. The van der Waals surface area contributed by atoms with Crippen LogP contribution in [0, 0.1) is 5.41 Å². The number of alkyl halides is 1. The van der Waals surface area contributed by atoms with E-state index in [0.29, 0.717) is 13.1 Å². The second-order valence-electron chi connectivity index (χ2n) is 5.87. The summed E-state index contributed by atoms with van der Waals surface area (Å²) < 4.78 is 5.52. The molecule has 0 aliphatic heterocycles. The molecule has 6 heteroatoms. The fourth-order valence-corrected chi connectivity index (χ4v) is 1.93. The van der Waals surface area contributed by atoms with Gasteiger partial charge < -0.3 is 15.4 Å². The van der Waals surface area contributed by atoms with Crippen LogP contribution in [0.4, 0.5) is 0 Å². The van der Waals surface area contributed by atoms with E-state index in [9.17, 15) is 9.59 Å². The zero-order valence-electron chi connectivity index (χ0n) is 13.9.